The average molecular weight is 662 g/mol. The molecule has 3 heterocycles. The van der Waals surface area contributed by atoms with Crippen LogP contribution < -0.4 is 45.7 Å². The number of amides is 2. The van der Waals surface area contributed by atoms with Crippen LogP contribution in [0.5, 0.6) is 0 Å². The normalized spacial score (nSPS) is 17.7. The first kappa shape index (κ1) is 33.6. The molecule has 1 saturated heterocycles. The zero-order valence-electron chi connectivity index (χ0n) is 23.5. The molecule has 0 bridgehead atoms. The van der Waals surface area contributed by atoms with E-state index in [1.54, 1.807) is 6.26 Å². The van der Waals surface area contributed by atoms with E-state index < -0.39 is 47.9 Å². The zero-order chi connectivity index (χ0) is 30.5. The summed E-state index contributed by atoms with van der Waals surface area (Å²) in [6.07, 6.45) is 1.01. The standard InChI is InChI=1S/C28H25N5O7S3.Na/c1-41-18-14-42-26-21(25(36)33(26)22(18)27(37)38)31-24(35)20(17-13-43-28(29)30-17)32-39-12-19(34)40-23(15-8-4-2-5-9-15)16-10-6-3-7-11-16;/h2-11,13,21,23,26H,12,14H2,1H3,(H2,29,30)(H,31,35)(H,37,38);/q;+1/p-1/b32-20-;/t21?,26-;/m1./s1. The van der Waals surface area contributed by atoms with Crippen LogP contribution in [-0.4, -0.2) is 69.4 Å². The molecule has 2 aromatic carbocycles. The number of ether oxygens (including phenoxy) is 1. The number of nitrogens with zero attached hydrogens (tertiary/aromatic N) is 3. The second-order valence-corrected chi connectivity index (χ2v) is 12.0. The van der Waals surface area contributed by atoms with E-state index in [9.17, 15) is 24.3 Å². The molecule has 2 atom stereocenters. The van der Waals surface area contributed by atoms with E-state index in [0.29, 0.717) is 10.7 Å². The molecule has 44 heavy (non-hydrogen) atoms. The van der Waals surface area contributed by atoms with E-state index in [1.807, 2.05) is 60.7 Å². The van der Waals surface area contributed by atoms with Crippen molar-refractivity contribution in [3.05, 3.63) is 93.5 Å². The molecule has 1 fully saturated rings. The number of benzene rings is 2. The van der Waals surface area contributed by atoms with Crippen LogP contribution >= 0.6 is 34.9 Å². The molecule has 12 nitrogen and oxygen atoms in total. The van der Waals surface area contributed by atoms with Gasteiger partial charge in [-0.3, -0.25) is 14.5 Å². The molecule has 0 aliphatic carbocycles. The molecule has 3 N–H and O–H groups in total. The van der Waals surface area contributed by atoms with Crippen LogP contribution in [-0.2, 0) is 28.8 Å². The predicted octanol–water partition coefficient (Wildman–Crippen LogP) is -1.49. The number of nitrogens with one attached hydrogen (secondary N) is 1. The Morgan fingerprint density at radius 2 is 1.80 bits per heavy atom. The number of fused-ring (bicyclic) bond motifs is 1. The van der Waals surface area contributed by atoms with Crippen LogP contribution in [0, 0.1) is 0 Å². The Morgan fingerprint density at radius 1 is 1.16 bits per heavy atom. The summed E-state index contributed by atoms with van der Waals surface area (Å²) < 4.78 is 5.71. The van der Waals surface area contributed by atoms with E-state index >= 15 is 0 Å². The minimum absolute atomic E-state index is 0. The number of thiazole rings is 1. The Labute approximate surface area is 286 Å². The number of β-lactam (4-membered cyclic amide) rings is 1. The molecule has 2 aliphatic rings. The van der Waals surface area contributed by atoms with E-state index in [-0.39, 0.29) is 51.8 Å². The van der Waals surface area contributed by atoms with Gasteiger partial charge in [0, 0.05) is 16.0 Å². The molecule has 5 rings (SSSR count). The summed E-state index contributed by atoms with van der Waals surface area (Å²) in [5.41, 5.74) is 6.81. The van der Waals surface area contributed by atoms with Crippen molar-refractivity contribution in [2.24, 2.45) is 5.16 Å². The van der Waals surface area contributed by atoms with Crippen molar-refractivity contribution in [2.45, 2.75) is 17.5 Å². The Balaban J connectivity index is 0.00000442. The van der Waals surface area contributed by atoms with E-state index in [2.05, 4.69) is 15.5 Å². The van der Waals surface area contributed by atoms with Gasteiger partial charge < -0.3 is 30.5 Å². The van der Waals surface area contributed by atoms with Gasteiger partial charge in [0.05, 0.1) is 11.7 Å². The van der Waals surface area contributed by atoms with Gasteiger partial charge in [0.1, 0.15) is 17.1 Å². The molecule has 1 aromatic heterocycles. The summed E-state index contributed by atoms with van der Waals surface area (Å²) in [6, 6.07) is 17.3. The average Bonchev–Trinajstić information content (AvgIpc) is 3.46. The third kappa shape index (κ3) is 7.30. The maximum absolute atomic E-state index is 13.3. The van der Waals surface area contributed by atoms with Crippen molar-refractivity contribution >= 4 is 69.5 Å². The molecule has 0 spiro atoms. The van der Waals surface area contributed by atoms with E-state index in [0.717, 1.165) is 27.4 Å². The van der Waals surface area contributed by atoms with Crippen molar-refractivity contribution < 1.29 is 63.4 Å². The Kier molecular flexibility index (Phi) is 11.5. The van der Waals surface area contributed by atoms with Gasteiger partial charge in [-0.05, 0) is 17.4 Å². The number of hydrogen-bond donors (Lipinski definition) is 2. The van der Waals surface area contributed by atoms with Gasteiger partial charge in [-0.15, -0.1) is 34.9 Å². The van der Waals surface area contributed by atoms with Crippen LogP contribution in [0.2, 0.25) is 0 Å². The van der Waals surface area contributed by atoms with Crippen LogP contribution in [0.15, 0.2) is 81.8 Å². The molecular formula is C28H24N5NaO7S3. The van der Waals surface area contributed by atoms with Gasteiger partial charge in [-0.25, -0.2) is 9.78 Å². The SMILES string of the molecule is CSC1=C(C(=O)[O-])N2C(=O)C(NC(=O)/C(=N\OCC(=O)OC(c3ccccc3)c3ccccc3)c3csc(N)n3)[C@H]2SC1.[Na+]. The maximum atomic E-state index is 13.3. The monoisotopic (exact) mass is 661 g/mol. The number of oxime groups is 1. The first-order valence-electron chi connectivity index (χ1n) is 12.7. The second-order valence-electron chi connectivity index (χ2n) is 9.10. The van der Waals surface area contributed by atoms with Gasteiger partial charge in [0.2, 0.25) is 6.61 Å². The minimum Gasteiger partial charge on any atom is -0.543 e. The molecule has 2 aliphatic heterocycles. The third-order valence-electron chi connectivity index (χ3n) is 6.43. The number of carbonyl (C=O) groups is 4. The molecule has 0 radical (unpaired) electrons. The smallest absolute Gasteiger partial charge is 0.543 e. The molecule has 16 heteroatoms. The van der Waals surface area contributed by atoms with Gasteiger partial charge in [0.15, 0.2) is 16.9 Å². The Morgan fingerprint density at radius 3 is 2.34 bits per heavy atom. The third-order valence-corrected chi connectivity index (χ3v) is 9.40. The number of nitrogens with two attached hydrogens (primary N) is 1. The predicted molar refractivity (Wildman–Crippen MR) is 160 cm³/mol. The summed E-state index contributed by atoms with van der Waals surface area (Å²) >= 11 is 3.59. The Hall–Kier alpha value is -3.34. The number of esters is 1. The van der Waals surface area contributed by atoms with Crippen molar-refractivity contribution in [2.75, 3.05) is 24.3 Å². The summed E-state index contributed by atoms with van der Waals surface area (Å²) in [6.45, 7) is -0.627. The van der Waals surface area contributed by atoms with Crippen LogP contribution in [0.3, 0.4) is 0 Å². The first-order valence-corrected chi connectivity index (χ1v) is 15.9. The number of thioether (sulfide) groups is 2. The number of rotatable bonds is 11. The van der Waals surface area contributed by atoms with Gasteiger partial charge in [0.25, 0.3) is 11.8 Å². The second kappa shape index (κ2) is 15.1. The molecule has 2 amide bonds. The maximum Gasteiger partial charge on any atom is 1.00 e. The van der Waals surface area contributed by atoms with Crippen molar-refractivity contribution in [3.63, 3.8) is 0 Å². The topological polar surface area (TPSA) is 176 Å². The molecule has 0 saturated carbocycles. The van der Waals surface area contributed by atoms with Crippen LogP contribution in [0.1, 0.15) is 22.9 Å². The molecule has 1 unspecified atom stereocenters. The molecular weight excluding hydrogens is 638 g/mol. The fraction of sp³-hybridized carbons (Fsp3) is 0.214. The number of carboxylic acids is 1. The van der Waals surface area contributed by atoms with Gasteiger partial charge in [-0.1, -0.05) is 65.8 Å². The number of anilines is 1. The summed E-state index contributed by atoms with van der Waals surface area (Å²) in [7, 11) is 0. The summed E-state index contributed by atoms with van der Waals surface area (Å²) in [5.74, 6) is -3.29. The number of hydrogen-bond acceptors (Lipinski definition) is 13. The summed E-state index contributed by atoms with van der Waals surface area (Å²) in [5, 5.41) is 19.1. The number of nitrogen functional groups attached to an aromatic ring is 1. The summed E-state index contributed by atoms with van der Waals surface area (Å²) in [4.78, 5) is 61.7. The quantitative estimate of drug-likeness (QED) is 0.0805. The van der Waals surface area contributed by atoms with Crippen molar-refractivity contribution in [1.82, 2.24) is 15.2 Å². The minimum atomic E-state index is -1.46. The van der Waals surface area contributed by atoms with E-state index in [1.165, 1.54) is 28.9 Å². The van der Waals surface area contributed by atoms with E-state index in [4.69, 9.17) is 15.3 Å². The van der Waals surface area contributed by atoms with Gasteiger partial charge in [-0.2, -0.15) is 0 Å². The van der Waals surface area contributed by atoms with Crippen molar-refractivity contribution in [1.29, 1.82) is 0 Å². The number of carboxylic acid groups (broad SMARTS) is 1. The zero-order valence-corrected chi connectivity index (χ0v) is 27.9. The largest absolute Gasteiger partial charge is 1.00 e. The number of aromatic nitrogens is 1. The van der Waals surface area contributed by atoms with Crippen molar-refractivity contribution in [3.8, 4) is 0 Å². The first-order chi connectivity index (χ1) is 20.8. The molecule has 3 aromatic rings. The Bertz CT molecular complexity index is 1560. The molecule has 222 valence electrons. The number of aliphatic carboxylic acids is 1. The number of carbonyl (C=O) groups excluding carboxylic acids is 4. The fourth-order valence-corrected chi connectivity index (χ4v) is 7.24. The fourth-order valence-electron chi connectivity index (χ4n) is 4.45. The van der Waals surface area contributed by atoms with Crippen LogP contribution in [0.25, 0.3) is 0 Å². The van der Waals surface area contributed by atoms with Crippen LogP contribution in [0.4, 0.5) is 5.13 Å². The van der Waals surface area contributed by atoms with Gasteiger partial charge >= 0.3 is 35.5 Å².